The minimum atomic E-state index is 0.562. The molecule has 0 bridgehead atoms. The van der Waals surface area contributed by atoms with Gasteiger partial charge in [0.2, 0.25) is 0 Å². The first kappa shape index (κ1) is 13.8. The van der Waals surface area contributed by atoms with Crippen LogP contribution in [-0.2, 0) is 0 Å². The van der Waals surface area contributed by atoms with E-state index in [1.165, 1.54) is 36.5 Å². The molecule has 3 heteroatoms. The average Bonchev–Trinajstić information content (AvgIpc) is 2.40. The van der Waals surface area contributed by atoms with Crippen molar-refractivity contribution in [2.75, 3.05) is 31.7 Å². The number of piperidine rings is 1. The van der Waals surface area contributed by atoms with Crippen LogP contribution in [0.2, 0.25) is 0 Å². The van der Waals surface area contributed by atoms with Crippen LogP contribution < -0.4 is 5.32 Å². The van der Waals surface area contributed by atoms with Crippen molar-refractivity contribution >= 4 is 17.4 Å². The highest BCUT2D eigenvalue weighted by Gasteiger charge is 2.22. The molecule has 1 atom stereocenters. The monoisotopic (exact) mass is 264 g/mol. The third-order valence-electron chi connectivity index (χ3n) is 3.96. The number of nitrogens with one attached hydrogen (secondary N) is 1. The number of hydrogen-bond acceptors (Lipinski definition) is 3. The second-order valence-corrected chi connectivity index (χ2v) is 6.12. The minimum Gasteiger partial charge on any atom is -0.381 e. The van der Waals surface area contributed by atoms with E-state index in [4.69, 9.17) is 0 Å². The second-order valence-electron chi connectivity index (χ2n) is 5.27. The van der Waals surface area contributed by atoms with E-state index in [-0.39, 0.29) is 0 Å². The molecular formula is C15H24N2S. The Kier molecular flexibility index (Phi) is 4.95. The number of nitrogens with zero attached hydrogens (tertiary/aromatic N) is 1. The van der Waals surface area contributed by atoms with Crippen molar-refractivity contribution in [1.29, 1.82) is 0 Å². The van der Waals surface area contributed by atoms with E-state index in [1.54, 1.807) is 0 Å². The zero-order chi connectivity index (χ0) is 13.0. The predicted octanol–water partition coefficient (Wildman–Crippen LogP) is 3.55. The minimum absolute atomic E-state index is 0.562. The molecule has 1 aromatic rings. The van der Waals surface area contributed by atoms with Crippen molar-refractivity contribution in [2.45, 2.75) is 30.7 Å². The van der Waals surface area contributed by atoms with Crippen LogP contribution in [0.3, 0.4) is 0 Å². The van der Waals surface area contributed by atoms with Gasteiger partial charge in [-0.3, -0.25) is 0 Å². The molecule has 1 unspecified atom stereocenters. The lowest BCUT2D eigenvalue weighted by Crippen LogP contribution is -2.37. The number of hydrogen-bond donors (Lipinski definition) is 1. The molecule has 1 aliphatic heterocycles. The fraction of sp³-hybridized carbons (Fsp3) is 0.600. The fourth-order valence-corrected chi connectivity index (χ4v) is 3.22. The molecule has 0 radical (unpaired) electrons. The average molecular weight is 264 g/mol. The molecule has 1 N–H and O–H groups in total. The van der Waals surface area contributed by atoms with Crippen molar-refractivity contribution in [3.05, 3.63) is 24.3 Å². The predicted molar refractivity (Wildman–Crippen MR) is 81.5 cm³/mol. The first-order chi connectivity index (χ1) is 8.70. The van der Waals surface area contributed by atoms with E-state index in [9.17, 15) is 0 Å². The smallest absolute Gasteiger partial charge is 0.0480 e. The number of para-hydroxylation sites is 1. The van der Waals surface area contributed by atoms with Gasteiger partial charge in [-0.1, -0.05) is 12.1 Å². The van der Waals surface area contributed by atoms with Gasteiger partial charge in [0.25, 0.3) is 0 Å². The zero-order valence-electron chi connectivity index (χ0n) is 11.6. The summed E-state index contributed by atoms with van der Waals surface area (Å²) in [6.45, 7) is 4.80. The normalized spacial score (nSPS) is 19.7. The molecule has 0 amide bonds. The van der Waals surface area contributed by atoms with E-state index < -0.39 is 0 Å². The van der Waals surface area contributed by atoms with Crippen LogP contribution in [0.5, 0.6) is 0 Å². The zero-order valence-corrected chi connectivity index (χ0v) is 12.5. The van der Waals surface area contributed by atoms with Gasteiger partial charge in [0.05, 0.1) is 0 Å². The van der Waals surface area contributed by atoms with Crippen LogP contribution in [0.4, 0.5) is 5.69 Å². The Bertz CT molecular complexity index is 373. The largest absolute Gasteiger partial charge is 0.381 e. The summed E-state index contributed by atoms with van der Waals surface area (Å²) >= 11 is 1.81. The molecule has 2 nitrogen and oxygen atoms in total. The molecule has 1 aliphatic rings. The Morgan fingerprint density at radius 3 is 2.61 bits per heavy atom. The molecule has 0 saturated carbocycles. The molecule has 2 rings (SSSR count). The Balaban J connectivity index is 1.96. The van der Waals surface area contributed by atoms with Crippen LogP contribution >= 0.6 is 11.8 Å². The Morgan fingerprint density at radius 1 is 1.28 bits per heavy atom. The van der Waals surface area contributed by atoms with Gasteiger partial charge in [-0.05, 0) is 64.2 Å². The van der Waals surface area contributed by atoms with Gasteiger partial charge in [0.15, 0.2) is 0 Å². The summed E-state index contributed by atoms with van der Waals surface area (Å²) in [5, 5.41) is 3.71. The van der Waals surface area contributed by atoms with E-state index in [1.807, 2.05) is 11.8 Å². The first-order valence-electron chi connectivity index (χ1n) is 6.79. The molecule has 100 valence electrons. The lowest BCUT2D eigenvalue weighted by Gasteiger charge is -2.33. The molecule has 1 heterocycles. The van der Waals surface area contributed by atoms with Gasteiger partial charge >= 0.3 is 0 Å². The quantitative estimate of drug-likeness (QED) is 0.837. The highest BCUT2D eigenvalue weighted by atomic mass is 32.2. The first-order valence-corrected chi connectivity index (χ1v) is 8.01. The maximum Gasteiger partial charge on any atom is 0.0480 e. The summed E-state index contributed by atoms with van der Waals surface area (Å²) in [6, 6.07) is 9.17. The third kappa shape index (κ3) is 3.42. The topological polar surface area (TPSA) is 15.3 Å². The van der Waals surface area contributed by atoms with Gasteiger partial charge in [-0.25, -0.2) is 0 Å². The Morgan fingerprint density at radius 2 is 1.94 bits per heavy atom. The highest BCUT2D eigenvalue weighted by Crippen LogP contribution is 2.28. The highest BCUT2D eigenvalue weighted by molar-refractivity contribution is 7.98. The van der Waals surface area contributed by atoms with Gasteiger partial charge in [0, 0.05) is 16.6 Å². The molecule has 1 saturated heterocycles. The molecule has 0 aliphatic carbocycles. The summed E-state index contributed by atoms with van der Waals surface area (Å²) in [7, 11) is 2.22. The van der Waals surface area contributed by atoms with E-state index in [2.05, 4.69) is 54.7 Å². The van der Waals surface area contributed by atoms with E-state index in [0.29, 0.717) is 6.04 Å². The lowest BCUT2D eigenvalue weighted by molar-refractivity contribution is 0.208. The number of likely N-dealkylation sites (tertiary alicyclic amines) is 1. The number of benzene rings is 1. The van der Waals surface area contributed by atoms with E-state index >= 15 is 0 Å². The molecule has 18 heavy (non-hydrogen) atoms. The SMILES string of the molecule is CSc1ccccc1NC(C)C1CCN(C)CC1. The fourth-order valence-electron chi connectivity index (χ4n) is 2.66. The molecule has 1 fully saturated rings. The van der Waals surface area contributed by atoms with Gasteiger partial charge < -0.3 is 10.2 Å². The van der Waals surface area contributed by atoms with Crippen molar-refractivity contribution < 1.29 is 0 Å². The van der Waals surface area contributed by atoms with Crippen LogP contribution in [0, 0.1) is 5.92 Å². The van der Waals surface area contributed by atoms with Crippen molar-refractivity contribution in [1.82, 2.24) is 4.90 Å². The maximum absolute atomic E-state index is 3.71. The third-order valence-corrected chi connectivity index (χ3v) is 4.76. The lowest BCUT2D eigenvalue weighted by atomic mass is 9.90. The molecule has 0 aromatic heterocycles. The summed E-state index contributed by atoms with van der Waals surface area (Å²) in [5.74, 6) is 0.802. The van der Waals surface area contributed by atoms with Crippen LogP contribution in [0.25, 0.3) is 0 Å². The summed E-state index contributed by atoms with van der Waals surface area (Å²) in [5.41, 5.74) is 1.29. The van der Waals surface area contributed by atoms with Crippen molar-refractivity contribution in [3.8, 4) is 0 Å². The van der Waals surface area contributed by atoms with Crippen LogP contribution in [0.15, 0.2) is 29.2 Å². The van der Waals surface area contributed by atoms with E-state index in [0.717, 1.165) is 5.92 Å². The molecular weight excluding hydrogens is 240 g/mol. The van der Waals surface area contributed by atoms with Crippen molar-refractivity contribution in [2.24, 2.45) is 5.92 Å². The van der Waals surface area contributed by atoms with Gasteiger partial charge in [-0.15, -0.1) is 11.8 Å². The number of rotatable bonds is 4. The second kappa shape index (κ2) is 6.48. The van der Waals surface area contributed by atoms with Crippen LogP contribution in [0.1, 0.15) is 19.8 Å². The van der Waals surface area contributed by atoms with Gasteiger partial charge in [-0.2, -0.15) is 0 Å². The van der Waals surface area contributed by atoms with Gasteiger partial charge in [0.1, 0.15) is 0 Å². The Labute approximate surface area is 115 Å². The number of anilines is 1. The Hall–Kier alpha value is -0.670. The summed E-state index contributed by atoms with van der Waals surface area (Å²) < 4.78 is 0. The summed E-state index contributed by atoms with van der Waals surface area (Å²) in [4.78, 5) is 3.77. The van der Waals surface area contributed by atoms with Crippen LogP contribution in [-0.4, -0.2) is 37.3 Å². The standard InChI is InChI=1S/C15H24N2S/c1-12(13-8-10-17(2)11-9-13)16-14-6-4-5-7-15(14)18-3/h4-7,12-13,16H,8-11H2,1-3H3. The maximum atomic E-state index is 3.71. The summed E-state index contributed by atoms with van der Waals surface area (Å²) in [6.07, 6.45) is 4.76. The number of thioether (sulfide) groups is 1. The molecule has 1 aromatic carbocycles. The van der Waals surface area contributed by atoms with Crippen molar-refractivity contribution in [3.63, 3.8) is 0 Å². The molecule has 0 spiro atoms.